The Kier molecular flexibility index (Phi) is 3.26. The van der Waals surface area contributed by atoms with Gasteiger partial charge in [0.1, 0.15) is 5.75 Å². The van der Waals surface area contributed by atoms with E-state index in [9.17, 15) is 4.79 Å². The molecule has 1 amide bonds. The molecule has 2 N–H and O–H groups in total. The second-order valence-electron chi connectivity index (χ2n) is 3.38. The molecule has 0 spiro atoms. The number of para-hydroxylation sites is 2. The Labute approximate surface area is 93.7 Å². The van der Waals surface area contributed by atoms with Crippen molar-refractivity contribution in [2.75, 3.05) is 18.5 Å². The summed E-state index contributed by atoms with van der Waals surface area (Å²) >= 11 is 0. The summed E-state index contributed by atoms with van der Waals surface area (Å²) < 4.78 is 5.54. The fourth-order valence-corrected chi connectivity index (χ4v) is 1.47. The van der Waals surface area contributed by atoms with Crippen molar-refractivity contribution in [3.05, 3.63) is 24.3 Å². The molecule has 1 aliphatic rings. The van der Waals surface area contributed by atoms with Gasteiger partial charge in [0.05, 0.1) is 18.8 Å². The molecule has 0 fully saturated rings. The van der Waals surface area contributed by atoms with Gasteiger partial charge in [0.25, 0.3) is 5.91 Å². The highest BCUT2D eigenvalue weighted by molar-refractivity contribution is 5.82. The van der Waals surface area contributed by atoms with E-state index >= 15 is 0 Å². The maximum atomic E-state index is 11.6. The van der Waals surface area contributed by atoms with Gasteiger partial charge in [-0.1, -0.05) is 12.1 Å². The lowest BCUT2D eigenvalue weighted by Crippen LogP contribution is -2.44. The molecule has 1 unspecified atom stereocenters. The highest BCUT2D eigenvalue weighted by Crippen LogP contribution is 2.27. The first-order chi connectivity index (χ1) is 7.81. The molecule has 2 rings (SSSR count). The third kappa shape index (κ3) is 2.25. The van der Waals surface area contributed by atoms with Gasteiger partial charge in [-0.2, -0.15) is 0 Å². The molecular weight excluding hydrogens is 208 g/mol. The van der Waals surface area contributed by atoms with E-state index in [1.54, 1.807) is 6.92 Å². The Morgan fingerprint density at radius 2 is 2.44 bits per heavy atom. The lowest BCUT2D eigenvalue weighted by Gasteiger charge is -2.26. The van der Waals surface area contributed by atoms with E-state index < -0.39 is 6.10 Å². The van der Waals surface area contributed by atoms with Gasteiger partial charge in [-0.15, -0.1) is 0 Å². The number of hydrogen-bond acceptors (Lipinski definition) is 4. The number of benzene rings is 1. The lowest BCUT2D eigenvalue weighted by molar-refractivity contribution is -0.140. The predicted octanol–water partition coefficient (Wildman–Crippen LogP) is 0.927. The lowest BCUT2D eigenvalue weighted by atomic mass is 10.2. The number of fused-ring (bicyclic) bond motifs is 1. The van der Waals surface area contributed by atoms with E-state index in [2.05, 4.69) is 10.8 Å². The second-order valence-corrected chi connectivity index (χ2v) is 3.38. The third-order valence-corrected chi connectivity index (χ3v) is 2.24. The van der Waals surface area contributed by atoms with E-state index in [1.165, 1.54) is 0 Å². The molecular formula is C11H14N2O3. The summed E-state index contributed by atoms with van der Waals surface area (Å²) in [5.74, 6) is 0.411. The fourth-order valence-electron chi connectivity index (χ4n) is 1.47. The van der Waals surface area contributed by atoms with E-state index in [-0.39, 0.29) is 5.91 Å². The van der Waals surface area contributed by atoms with Crippen LogP contribution in [0.2, 0.25) is 0 Å². The number of rotatable bonds is 3. The van der Waals surface area contributed by atoms with Crippen LogP contribution in [0.3, 0.4) is 0 Å². The highest BCUT2D eigenvalue weighted by Gasteiger charge is 2.25. The first-order valence-corrected chi connectivity index (χ1v) is 5.22. The van der Waals surface area contributed by atoms with E-state index in [4.69, 9.17) is 9.57 Å². The van der Waals surface area contributed by atoms with Crippen LogP contribution >= 0.6 is 0 Å². The zero-order chi connectivity index (χ0) is 11.4. The number of anilines is 1. The van der Waals surface area contributed by atoms with Crippen molar-refractivity contribution in [3.8, 4) is 5.75 Å². The average Bonchev–Trinajstić information content (AvgIpc) is 2.35. The molecule has 86 valence electrons. The van der Waals surface area contributed by atoms with Crippen molar-refractivity contribution < 1.29 is 14.4 Å². The monoisotopic (exact) mass is 222 g/mol. The van der Waals surface area contributed by atoms with Crippen LogP contribution in [0.4, 0.5) is 5.69 Å². The first kappa shape index (κ1) is 10.8. The summed E-state index contributed by atoms with van der Waals surface area (Å²) in [6, 6.07) is 7.51. The van der Waals surface area contributed by atoms with Crippen molar-refractivity contribution in [1.29, 1.82) is 0 Å². The number of hydrogen-bond donors (Lipinski definition) is 2. The molecule has 0 saturated heterocycles. The van der Waals surface area contributed by atoms with Crippen LogP contribution in [0.25, 0.3) is 0 Å². The maximum absolute atomic E-state index is 11.6. The molecule has 0 aromatic heterocycles. The van der Waals surface area contributed by atoms with Gasteiger partial charge >= 0.3 is 0 Å². The van der Waals surface area contributed by atoms with Crippen LogP contribution in [-0.2, 0) is 9.63 Å². The molecule has 0 saturated carbocycles. The number of ether oxygens (including phenoxy) is 1. The predicted molar refractivity (Wildman–Crippen MR) is 59.1 cm³/mol. The summed E-state index contributed by atoms with van der Waals surface area (Å²) in [6.07, 6.45) is -0.554. The van der Waals surface area contributed by atoms with Crippen molar-refractivity contribution in [2.24, 2.45) is 0 Å². The number of carbonyl (C=O) groups is 1. The Morgan fingerprint density at radius 3 is 3.25 bits per heavy atom. The summed E-state index contributed by atoms with van der Waals surface area (Å²) in [6.45, 7) is 2.67. The Hall–Kier alpha value is -1.75. The van der Waals surface area contributed by atoms with Crippen molar-refractivity contribution in [2.45, 2.75) is 13.0 Å². The SMILES string of the molecule is CCONC(=O)C1CNc2ccccc2O1. The largest absolute Gasteiger partial charge is 0.476 e. The average molecular weight is 222 g/mol. The minimum absolute atomic E-state index is 0.274. The minimum atomic E-state index is -0.554. The Morgan fingerprint density at radius 1 is 1.62 bits per heavy atom. The maximum Gasteiger partial charge on any atom is 0.286 e. The topological polar surface area (TPSA) is 59.6 Å². The quantitative estimate of drug-likeness (QED) is 0.747. The molecule has 0 radical (unpaired) electrons. The van der Waals surface area contributed by atoms with Gasteiger partial charge in [-0.05, 0) is 19.1 Å². The fraction of sp³-hybridized carbons (Fsp3) is 0.364. The van der Waals surface area contributed by atoms with E-state index in [0.717, 1.165) is 5.69 Å². The molecule has 0 bridgehead atoms. The van der Waals surface area contributed by atoms with Crippen LogP contribution in [0.15, 0.2) is 24.3 Å². The second kappa shape index (κ2) is 4.85. The smallest absolute Gasteiger partial charge is 0.286 e. The molecule has 1 aliphatic heterocycles. The van der Waals surface area contributed by atoms with Crippen molar-refractivity contribution in [1.82, 2.24) is 5.48 Å². The summed E-state index contributed by atoms with van der Waals surface area (Å²) in [4.78, 5) is 16.4. The van der Waals surface area contributed by atoms with Crippen molar-refractivity contribution in [3.63, 3.8) is 0 Å². The highest BCUT2D eigenvalue weighted by atomic mass is 16.7. The van der Waals surface area contributed by atoms with Gasteiger partial charge in [0.15, 0.2) is 6.10 Å². The molecule has 1 aromatic rings. The van der Waals surface area contributed by atoms with Gasteiger partial charge < -0.3 is 10.1 Å². The van der Waals surface area contributed by atoms with Gasteiger partial charge in [0, 0.05) is 0 Å². The van der Waals surface area contributed by atoms with Crippen LogP contribution < -0.4 is 15.5 Å². The first-order valence-electron chi connectivity index (χ1n) is 5.22. The molecule has 5 nitrogen and oxygen atoms in total. The number of nitrogens with one attached hydrogen (secondary N) is 2. The normalized spacial score (nSPS) is 17.9. The number of hydroxylamine groups is 1. The summed E-state index contributed by atoms with van der Waals surface area (Å²) in [7, 11) is 0. The molecule has 0 aliphatic carbocycles. The van der Waals surface area contributed by atoms with Crippen molar-refractivity contribution >= 4 is 11.6 Å². The van der Waals surface area contributed by atoms with Gasteiger partial charge in [-0.25, -0.2) is 5.48 Å². The van der Waals surface area contributed by atoms with E-state index in [1.807, 2.05) is 24.3 Å². The zero-order valence-electron chi connectivity index (χ0n) is 9.03. The summed E-state index contributed by atoms with van der Waals surface area (Å²) in [5.41, 5.74) is 3.23. The Bertz CT molecular complexity index is 381. The van der Waals surface area contributed by atoms with Gasteiger partial charge in [-0.3, -0.25) is 9.63 Å². The zero-order valence-corrected chi connectivity index (χ0v) is 9.03. The third-order valence-electron chi connectivity index (χ3n) is 2.24. The summed E-state index contributed by atoms with van der Waals surface area (Å²) in [5, 5.41) is 3.13. The molecule has 1 heterocycles. The van der Waals surface area contributed by atoms with E-state index in [0.29, 0.717) is 18.9 Å². The van der Waals surface area contributed by atoms with Crippen LogP contribution in [0.1, 0.15) is 6.92 Å². The Balaban J connectivity index is 1.99. The number of carbonyl (C=O) groups excluding carboxylic acids is 1. The molecule has 5 heteroatoms. The van der Waals surface area contributed by atoms with Crippen LogP contribution in [0.5, 0.6) is 5.75 Å². The number of amides is 1. The van der Waals surface area contributed by atoms with Crippen LogP contribution in [-0.4, -0.2) is 25.2 Å². The van der Waals surface area contributed by atoms with Crippen LogP contribution in [0, 0.1) is 0 Å². The molecule has 1 aromatic carbocycles. The minimum Gasteiger partial charge on any atom is -0.476 e. The van der Waals surface area contributed by atoms with Gasteiger partial charge in [0.2, 0.25) is 0 Å². The standard InChI is InChI=1S/C11H14N2O3/c1-2-15-13-11(14)10-7-12-8-5-3-4-6-9(8)16-10/h3-6,10,12H,2,7H2,1H3,(H,13,14). The molecule has 1 atom stereocenters. The molecule has 16 heavy (non-hydrogen) atoms.